The summed E-state index contributed by atoms with van der Waals surface area (Å²) in [6, 6.07) is 1.19. The molecule has 0 saturated carbocycles. The van der Waals surface area contributed by atoms with Gasteiger partial charge >= 0.3 is 34.7 Å². The van der Waals surface area contributed by atoms with Gasteiger partial charge in [0.25, 0.3) is 5.56 Å². The maximum atomic E-state index is 13.3. The van der Waals surface area contributed by atoms with Crippen LogP contribution in [-0.2, 0) is 33.1 Å². The Morgan fingerprint density at radius 2 is 1.59 bits per heavy atom. The van der Waals surface area contributed by atoms with Crippen molar-refractivity contribution in [3.63, 3.8) is 0 Å². The van der Waals surface area contributed by atoms with E-state index in [1.54, 1.807) is 20.8 Å². The van der Waals surface area contributed by atoms with E-state index in [4.69, 9.17) is 22.4 Å². The van der Waals surface area contributed by atoms with Gasteiger partial charge in [0.2, 0.25) is 0 Å². The lowest BCUT2D eigenvalue weighted by Gasteiger charge is -2.51. The number of esters is 1. The number of carbonyl (C=O) groups is 1. The van der Waals surface area contributed by atoms with Crippen molar-refractivity contribution < 1.29 is 27.2 Å². The average molecular weight is 650 g/mol. The van der Waals surface area contributed by atoms with Crippen molar-refractivity contribution in [3.05, 3.63) is 33.1 Å². The summed E-state index contributed by atoms with van der Waals surface area (Å²) in [6.45, 7) is 22.2. The zero-order valence-corrected chi connectivity index (χ0v) is 28.6. The fourth-order valence-corrected chi connectivity index (χ4v) is 17.7. The monoisotopic (exact) mass is 648 g/mol. The Morgan fingerprint density at radius 1 is 1.05 bits per heavy atom. The lowest BCUT2D eigenvalue weighted by molar-refractivity contribution is -0.276. The first kappa shape index (κ1) is 32.4. The fraction of sp³-hybridized carbons (Fsp3) is 0.808. The van der Waals surface area contributed by atoms with Crippen LogP contribution in [0.25, 0.3) is 0 Å². The predicted molar refractivity (Wildman–Crippen MR) is 156 cm³/mol. The van der Waals surface area contributed by atoms with Crippen LogP contribution in [0.3, 0.4) is 0 Å². The van der Waals surface area contributed by atoms with Gasteiger partial charge in [0.15, 0.2) is 0 Å². The van der Waals surface area contributed by atoms with Crippen LogP contribution in [0.5, 0.6) is 0 Å². The molecule has 10 nitrogen and oxygen atoms in total. The molecule has 0 amide bonds. The molecule has 0 aromatic carbocycles. The molecule has 0 unspecified atom stereocenters. The number of nitrogens with zero attached hydrogens (tertiary/aromatic N) is 1. The summed E-state index contributed by atoms with van der Waals surface area (Å²) in [6.07, 6.45) is -0.100. The van der Waals surface area contributed by atoms with Crippen molar-refractivity contribution in [2.24, 2.45) is 5.41 Å². The predicted octanol–water partition coefficient (Wildman–Crippen LogP) is 4.85. The van der Waals surface area contributed by atoms with Crippen LogP contribution < -0.4 is 11.2 Å². The summed E-state index contributed by atoms with van der Waals surface area (Å²) in [5.41, 5.74) is -1.86. The standard InChI is InChI=1S/C26H45BrN2O8Si2/c1-15(2)38(16(3)4)33-14-19-21(36-39(37-38,17(5)6)18(7)8)22(27)26(34-19,35-23(31)25(9,10)11)29-13-12-20(30)28-24(29)32/h12-13,15-19,21-22H,14H2,1-11H3,(H,28,30,32)/t19-,21-,22-,26-/m1/s1. The zero-order chi connectivity index (χ0) is 29.7. The van der Waals surface area contributed by atoms with Gasteiger partial charge in [-0.25, -0.2) is 9.36 Å². The summed E-state index contributed by atoms with van der Waals surface area (Å²) in [5, 5.41) is 0. The zero-order valence-electron chi connectivity index (χ0n) is 25.0. The van der Waals surface area contributed by atoms with Crippen molar-refractivity contribution in [1.82, 2.24) is 9.55 Å². The molecule has 2 aliphatic heterocycles. The topological polar surface area (TPSA) is 118 Å². The Kier molecular flexibility index (Phi) is 9.39. The molecule has 2 aliphatic rings. The van der Waals surface area contributed by atoms with Crippen molar-refractivity contribution in [2.75, 3.05) is 6.61 Å². The molecule has 39 heavy (non-hydrogen) atoms. The van der Waals surface area contributed by atoms with Crippen LogP contribution in [0.15, 0.2) is 21.9 Å². The first-order valence-corrected chi connectivity index (χ1v) is 18.6. The average Bonchev–Trinajstić information content (AvgIpc) is 3.03. The lowest BCUT2D eigenvalue weighted by atomic mass is 9.97. The first-order valence-electron chi connectivity index (χ1n) is 13.7. The van der Waals surface area contributed by atoms with Crippen LogP contribution >= 0.6 is 15.9 Å². The number of hydrogen-bond donors (Lipinski definition) is 1. The van der Waals surface area contributed by atoms with Crippen molar-refractivity contribution in [3.8, 4) is 0 Å². The molecular formula is C26H45BrN2O8Si2. The van der Waals surface area contributed by atoms with Gasteiger partial charge in [0.05, 0.1) is 18.1 Å². The van der Waals surface area contributed by atoms with Gasteiger partial charge in [-0.3, -0.25) is 14.6 Å². The van der Waals surface area contributed by atoms with Gasteiger partial charge in [-0.15, -0.1) is 0 Å². The summed E-state index contributed by atoms with van der Waals surface area (Å²) in [4.78, 5) is 39.8. The molecule has 0 bridgehead atoms. The van der Waals surface area contributed by atoms with Gasteiger partial charge in [-0.05, 0) is 42.9 Å². The molecule has 3 heterocycles. The number of aromatic nitrogens is 2. The van der Waals surface area contributed by atoms with Gasteiger partial charge in [-0.1, -0.05) is 71.3 Å². The SMILES string of the molecule is CC(C)[Si]1(C(C)C)OC[C@H]2O[C@](OC(=O)C(C)(C)C)(n3ccc(=O)[nH]c3=O)[C@H](Br)[C@@H]2O[Si](C(C)C)(C(C)C)O1. The maximum absolute atomic E-state index is 13.3. The lowest BCUT2D eigenvalue weighted by Crippen LogP contribution is -2.65. The molecule has 1 aromatic heterocycles. The van der Waals surface area contributed by atoms with E-state index in [2.05, 4.69) is 76.3 Å². The number of rotatable bonds is 6. The highest BCUT2D eigenvalue weighted by atomic mass is 79.9. The third kappa shape index (κ3) is 5.69. The van der Waals surface area contributed by atoms with E-state index >= 15 is 0 Å². The minimum absolute atomic E-state index is 0.0619. The summed E-state index contributed by atoms with van der Waals surface area (Å²) < 4.78 is 34.9. The van der Waals surface area contributed by atoms with Gasteiger partial charge in [0, 0.05) is 12.3 Å². The number of H-pyrrole nitrogens is 1. The van der Waals surface area contributed by atoms with Crippen molar-refractivity contribution >= 4 is 39.0 Å². The second kappa shape index (κ2) is 11.3. The van der Waals surface area contributed by atoms with E-state index in [1.165, 1.54) is 12.3 Å². The molecular weight excluding hydrogens is 604 g/mol. The molecule has 2 saturated heterocycles. The smallest absolute Gasteiger partial charge is 0.335 e. The van der Waals surface area contributed by atoms with Crippen LogP contribution in [0.4, 0.5) is 0 Å². The van der Waals surface area contributed by atoms with Crippen molar-refractivity contribution in [2.45, 2.75) is 121 Å². The summed E-state index contributed by atoms with van der Waals surface area (Å²) in [5.74, 6) is -2.52. The molecule has 2 fully saturated rings. The van der Waals surface area contributed by atoms with Gasteiger partial charge in [0.1, 0.15) is 10.9 Å². The van der Waals surface area contributed by atoms with E-state index in [-0.39, 0.29) is 28.8 Å². The number of fused-ring (bicyclic) bond motifs is 1. The van der Waals surface area contributed by atoms with E-state index in [9.17, 15) is 14.4 Å². The van der Waals surface area contributed by atoms with E-state index < -0.39 is 62.7 Å². The van der Waals surface area contributed by atoms with E-state index in [0.29, 0.717) is 0 Å². The highest BCUT2D eigenvalue weighted by Crippen LogP contribution is 2.51. The maximum Gasteiger partial charge on any atom is 0.335 e. The molecule has 3 rings (SSSR count). The molecule has 13 heteroatoms. The second-order valence-electron chi connectivity index (χ2n) is 12.9. The Balaban J connectivity index is 2.25. The number of carbonyl (C=O) groups excluding carboxylic acids is 1. The summed E-state index contributed by atoms with van der Waals surface area (Å²) >= 11 is 3.73. The molecule has 0 aliphatic carbocycles. The van der Waals surface area contributed by atoms with Crippen LogP contribution in [0.2, 0.25) is 22.2 Å². The Morgan fingerprint density at radius 3 is 2.05 bits per heavy atom. The molecule has 1 aromatic rings. The molecule has 1 N–H and O–H groups in total. The van der Waals surface area contributed by atoms with Crippen LogP contribution in [0, 0.1) is 5.41 Å². The van der Waals surface area contributed by atoms with Gasteiger partial charge < -0.3 is 22.4 Å². The first-order chi connectivity index (χ1) is 17.8. The second-order valence-corrected chi connectivity index (χ2v) is 22.7. The number of halogens is 1. The largest absolute Gasteiger partial charge is 0.414 e. The fourth-order valence-electron chi connectivity index (χ4n) is 5.42. The third-order valence-corrected chi connectivity index (χ3v) is 19.0. The third-order valence-electron chi connectivity index (χ3n) is 7.67. The highest BCUT2D eigenvalue weighted by molar-refractivity contribution is 9.09. The quantitative estimate of drug-likeness (QED) is 0.264. The van der Waals surface area contributed by atoms with E-state index in [1.807, 2.05) is 0 Å². The minimum atomic E-state index is -3.03. The Hall–Kier alpha value is -1.10. The number of alkyl halides is 1. The summed E-state index contributed by atoms with van der Waals surface area (Å²) in [7, 11) is -5.88. The minimum Gasteiger partial charge on any atom is -0.414 e. The number of hydrogen-bond acceptors (Lipinski definition) is 8. The molecule has 0 radical (unpaired) electrons. The number of ether oxygens (including phenoxy) is 2. The molecule has 222 valence electrons. The number of nitrogens with one attached hydrogen (secondary N) is 1. The Bertz CT molecular complexity index is 1150. The van der Waals surface area contributed by atoms with Crippen molar-refractivity contribution in [1.29, 1.82) is 0 Å². The Labute approximate surface area is 241 Å². The van der Waals surface area contributed by atoms with Crippen LogP contribution in [0.1, 0.15) is 76.2 Å². The van der Waals surface area contributed by atoms with Crippen LogP contribution in [-0.4, -0.2) is 56.3 Å². The molecule has 0 spiro atoms. The van der Waals surface area contributed by atoms with Gasteiger partial charge in [-0.2, -0.15) is 0 Å². The highest BCUT2D eigenvalue weighted by Gasteiger charge is 2.66. The van der Waals surface area contributed by atoms with E-state index in [0.717, 1.165) is 4.57 Å². The normalized spacial score (nSPS) is 29.0. The molecule has 4 atom stereocenters. The number of aromatic amines is 1.